The van der Waals surface area contributed by atoms with Crippen molar-refractivity contribution in [1.82, 2.24) is 9.80 Å². The smallest absolute Gasteiger partial charge is 0.294 e. The molecule has 2 heterocycles. The van der Waals surface area contributed by atoms with Crippen molar-refractivity contribution in [1.29, 1.82) is 0 Å². The normalized spacial score (nSPS) is 17.5. The second kappa shape index (κ2) is 11.3. The molecular formula is C30H30N2O5S. The van der Waals surface area contributed by atoms with Gasteiger partial charge < -0.3 is 14.4 Å². The number of nitrogens with zero attached hydrogens (tertiary/aromatic N) is 2. The van der Waals surface area contributed by atoms with Crippen LogP contribution in [0.1, 0.15) is 30.9 Å². The number of likely N-dealkylation sites (tertiary alicyclic amines) is 1. The van der Waals surface area contributed by atoms with Gasteiger partial charge in [0.05, 0.1) is 12.0 Å². The number of amides is 3. The second-order valence-electron chi connectivity index (χ2n) is 9.67. The van der Waals surface area contributed by atoms with E-state index < -0.39 is 11.1 Å². The lowest BCUT2D eigenvalue weighted by Crippen LogP contribution is -2.45. The van der Waals surface area contributed by atoms with Crippen LogP contribution >= 0.6 is 11.8 Å². The number of fused-ring (bicyclic) bond motifs is 1. The van der Waals surface area contributed by atoms with Crippen LogP contribution in [0, 0.1) is 5.92 Å². The number of hydrogen-bond acceptors (Lipinski definition) is 6. The molecular weight excluding hydrogens is 500 g/mol. The number of piperidine rings is 1. The first-order valence-electron chi connectivity index (χ1n) is 12.7. The Hall–Kier alpha value is -3.78. The van der Waals surface area contributed by atoms with Crippen molar-refractivity contribution in [2.75, 3.05) is 26.7 Å². The Bertz CT molecular complexity index is 1410. The molecule has 5 rings (SSSR count). The van der Waals surface area contributed by atoms with Crippen molar-refractivity contribution in [3.05, 3.63) is 76.7 Å². The standard InChI is InChI=1S/C30H30N2O5S/c1-20-12-14-31(15-13-20)28(33)18-32-29(34)27(38-30(32)35)17-21-10-11-25(26(16-21)36-2)37-19-23-8-5-7-22-6-3-4-9-24(22)23/h3-11,16-17,20H,12-15,18-19H2,1-2H3/b27-17+. The summed E-state index contributed by atoms with van der Waals surface area (Å²) in [4.78, 5) is 41.3. The van der Waals surface area contributed by atoms with Crippen molar-refractivity contribution in [2.45, 2.75) is 26.4 Å². The molecule has 38 heavy (non-hydrogen) atoms. The van der Waals surface area contributed by atoms with E-state index in [-0.39, 0.29) is 17.4 Å². The van der Waals surface area contributed by atoms with Gasteiger partial charge in [0, 0.05) is 13.1 Å². The molecule has 0 saturated carbocycles. The van der Waals surface area contributed by atoms with E-state index in [1.807, 2.05) is 30.3 Å². The van der Waals surface area contributed by atoms with Gasteiger partial charge in [-0.05, 0) is 70.6 Å². The zero-order valence-corrected chi connectivity index (χ0v) is 22.3. The van der Waals surface area contributed by atoms with E-state index in [0.717, 1.165) is 45.8 Å². The third-order valence-electron chi connectivity index (χ3n) is 7.05. The molecule has 2 aliphatic heterocycles. The minimum Gasteiger partial charge on any atom is -0.493 e. The first-order chi connectivity index (χ1) is 18.4. The molecule has 2 aliphatic rings. The van der Waals surface area contributed by atoms with Crippen LogP contribution in [0.4, 0.5) is 4.79 Å². The number of benzene rings is 3. The summed E-state index contributed by atoms with van der Waals surface area (Å²) in [6, 6.07) is 19.7. The SMILES string of the molecule is COc1cc(/C=C2/SC(=O)N(CC(=O)N3CCC(C)CC3)C2=O)ccc1OCc1cccc2ccccc12. The predicted octanol–water partition coefficient (Wildman–Crippen LogP) is 5.72. The fourth-order valence-electron chi connectivity index (χ4n) is 4.75. The van der Waals surface area contributed by atoms with Gasteiger partial charge in [0.2, 0.25) is 5.91 Å². The maximum Gasteiger partial charge on any atom is 0.294 e. The highest BCUT2D eigenvalue weighted by atomic mass is 32.2. The minimum atomic E-state index is -0.450. The molecule has 3 aromatic carbocycles. The highest BCUT2D eigenvalue weighted by Gasteiger charge is 2.37. The zero-order valence-electron chi connectivity index (χ0n) is 21.5. The quantitative estimate of drug-likeness (QED) is 0.364. The highest BCUT2D eigenvalue weighted by molar-refractivity contribution is 8.18. The van der Waals surface area contributed by atoms with Crippen LogP contribution in [0.5, 0.6) is 11.5 Å². The van der Waals surface area contributed by atoms with Crippen molar-refractivity contribution < 1.29 is 23.9 Å². The van der Waals surface area contributed by atoms with Crippen molar-refractivity contribution in [3.8, 4) is 11.5 Å². The third kappa shape index (κ3) is 5.55. The molecule has 7 nitrogen and oxygen atoms in total. The summed E-state index contributed by atoms with van der Waals surface area (Å²) < 4.78 is 11.6. The number of rotatable bonds is 7. The lowest BCUT2D eigenvalue weighted by Gasteiger charge is -2.31. The van der Waals surface area contributed by atoms with Crippen molar-refractivity contribution in [3.63, 3.8) is 0 Å². The number of hydrogen-bond donors (Lipinski definition) is 0. The molecule has 0 bridgehead atoms. The average molecular weight is 531 g/mol. The van der Waals surface area contributed by atoms with E-state index in [0.29, 0.717) is 42.7 Å². The van der Waals surface area contributed by atoms with Gasteiger partial charge in [-0.25, -0.2) is 0 Å². The predicted molar refractivity (Wildman–Crippen MR) is 149 cm³/mol. The maximum atomic E-state index is 13.0. The molecule has 2 saturated heterocycles. The largest absolute Gasteiger partial charge is 0.493 e. The molecule has 2 fully saturated rings. The fraction of sp³-hybridized carbons (Fsp3) is 0.300. The molecule has 196 valence electrons. The van der Waals surface area contributed by atoms with Crippen molar-refractivity contribution >= 4 is 45.7 Å². The summed E-state index contributed by atoms with van der Waals surface area (Å²) in [7, 11) is 1.56. The van der Waals surface area contributed by atoms with Crippen LogP contribution in [-0.4, -0.2) is 53.6 Å². The third-order valence-corrected chi connectivity index (χ3v) is 7.96. The highest BCUT2D eigenvalue weighted by Crippen LogP contribution is 2.35. The molecule has 0 spiro atoms. The van der Waals surface area contributed by atoms with Crippen LogP contribution in [-0.2, 0) is 16.2 Å². The number of methoxy groups -OCH3 is 1. The van der Waals surface area contributed by atoms with Crippen LogP contribution < -0.4 is 9.47 Å². The summed E-state index contributed by atoms with van der Waals surface area (Å²) in [5.74, 6) is 1.05. The summed E-state index contributed by atoms with van der Waals surface area (Å²) in [6.45, 7) is 3.66. The van der Waals surface area contributed by atoms with Gasteiger partial charge >= 0.3 is 0 Å². The Kier molecular flexibility index (Phi) is 7.69. The molecule has 0 atom stereocenters. The molecule has 3 amide bonds. The van der Waals surface area contributed by atoms with E-state index in [1.165, 1.54) is 0 Å². The van der Waals surface area contributed by atoms with Gasteiger partial charge in [0.15, 0.2) is 11.5 Å². The number of thioether (sulfide) groups is 1. The lowest BCUT2D eigenvalue weighted by molar-refractivity contribution is -0.136. The van der Waals surface area contributed by atoms with Crippen LogP contribution in [0.15, 0.2) is 65.6 Å². The molecule has 0 aliphatic carbocycles. The Morgan fingerprint density at radius 2 is 1.79 bits per heavy atom. The first kappa shape index (κ1) is 25.9. The number of imide groups is 1. The van der Waals surface area contributed by atoms with Gasteiger partial charge in [-0.2, -0.15) is 0 Å². The lowest BCUT2D eigenvalue weighted by atomic mass is 9.99. The topological polar surface area (TPSA) is 76.2 Å². The van der Waals surface area contributed by atoms with Crippen LogP contribution in [0.25, 0.3) is 16.8 Å². The van der Waals surface area contributed by atoms with Gasteiger partial charge in [-0.1, -0.05) is 55.5 Å². The minimum absolute atomic E-state index is 0.185. The maximum absolute atomic E-state index is 13.0. The molecule has 8 heteroatoms. The van der Waals surface area contributed by atoms with E-state index in [4.69, 9.17) is 9.47 Å². The van der Waals surface area contributed by atoms with E-state index >= 15 is 0 Å². The van der Waals surface area contributed by atoms with Gasteiger partial charge in [0.25, 0.3) is 11.1 Å². The van der Waals surface area contributed by atoms with Crippen LogP contribution in [0.2, 0.25) is 0 Å². The Morgan fingerprint density at radius 3 is 2.58 bits per heavy atom. The van der Waals surface area contributed by atoms with Gasteiger partial charge in [-0.3, -0.25) is 19.3 Å². The zero-order chi connectivity index (χ0) is 26.6. The van der Waals surface area contributed by atoms with E-state index in [1.54, 1.807) is 30.2 Å². The average Bonchev–Trinajstić information content (AvgIpc) is 3.19. The summed E-state index contributed by atoms with van der Waals surface area (Å²) >= 11 is 0.848. The second-order valence-corrected chi connectivity index (χ2v) is 10.7. The summed E-state index contributed by atoms with van der Waals surface area (Å²) in [5, 5.41) is 1.86. The first-order valence-corrected chi connectivity index (χ1v) is 13.5. The monoisotopic (exact) mass is 530 g/mol. The van der Waals surface area contributed by atoms with Crippen molar-refractivity contribution in [2.24, 2.45) is 5.92 Å². The Morgan fingerprint density at radius 1 is 1.03 bits per heavy atom. The van der Waals surface area contributed by atoms with Crippen LogP contribution in [0.3, 0.4) is 0 Å². The van der Waals surface area contributed by atoms with E-state index in [2.05, 4.69) is 25.1 Å². The van der Waals surface area contributed by atoms with Gasteiger partial charge in [-0.15, -0.1) is 0 Å². The number of carbonyl (C=O) groups is 3. The molecule has 0 unspecified atom stereocenters. The van der Waals surface area contributed by atoms with E-state index in [9.17, 15) is 14.4 Å². The molecule has 0 aromatic heterocycles. The summed E-state index contributed by atoms with van der Waals surface area (Å²) in [5.41, 5.74) is 1.76. The Labute approximate surface area is 226 Å². The Balaban J connectivity index is 1.27. The summed E-state index contributed by atoms with van der Waals surface area (Å²) in [6.07, 6.45) is 3.53. The van der Waals surface area contributed by atoms with Gasteiger partial charge in [0.1, 0.15) is 13.2 Å². The number of carbonyl (C=O) groups excluding carboxylic acids is 3. The number of ether oxygens (including phenoxy) is 2. The molecule has 0 N–H and O–H groups in total. The molecule has 3 aromatic rings. The molecule has 0 radical (unpaired) electrons. The fourth-order valence-corrected chi connectivity index (χ4v) is 5.59.